The highest BCUT2D eigenvalue weighted by molar-refractivity contribution is 5.42. The zero-order chi connectivity index (χ0) is 11.0. The van der Waals surface area contributed by atoms with Crippen LogP contribution >= 0.6 is 0 Å². The molecular weight excluding hydrogens is 184 g/mol. The Bertz CT molecular complexity index is 368. The number of aliphatic hydroxyl groups is 1. The number of hydrogen-bond acceptors (Lipinski definition) is 1. The van der Waals surface area contributed by atoms with Crippen LogP contribution in [0.25, 0.3) is 0 Å². The van der Waals surface area contributed by atoms with Gasteiger partial charge in [-0.3, -0.25) is 0 Å². The second-order valence-electron chi connectivity index (χ2n) is 5.04. The van der Waals surface area contributed by atoms with Gasteiger partial charge in [0.25, 0.3) is 0 Å². The van der Waals surface area contributed by atoms with Gasteiger partial charge < -0.3 is 5.11 Å². The molecule has 2 atom stereocenters. The lowest BCUT2D eigenvalue weighted by molar-refractivity contribution is 0.205. The highest BCUT2D eigenvalue weighted by Gasteiger charge is 2.24. The minimum Gasteiger partial charge on any atom is -0.396 e. The van der Waals surface area contributed by atoms with Gasteiger partial charge in [0.1, 0.15) is 0 Å². The van der Waals surface area contributed by atoms with Gasteiger partial charge in [0, 0.05) is 6.61 Å². The summed E-state index contributed by atoms with van der Waals surface area (Å²) in [6.07, 6.45) is 2.19. The van der Waals surface area contributed by atoms with E-state index in [0.29, 0.717) is 18.4 Å². The Morgan fingerprint density at radius 3 is 2.73 bits per heavy atom. The second kappa shape index (κ2) is 3.97. The lowest BCUT2D eigenvalue weighted by atomic mass is 9.76. The van der Waals surface area contributed by atoms with Gasteiger partial charge in [0.15, 0.2) is 0 Å². The topological polar surface area (TPSA) is 20.2 Å². The van der Waals surface area contributed by atoms with Gasteiger partial charge in [-0.05, 0) is 55.2 Å². The van der Waals surface area contributed by atoms with Crippen molar-refractivity contribution >= 4 is 0 Å². The first kappa shape index (κ1) is 10.7. The van der Waals surface area contributed by atoms with E-state index in [2.05, 4.69) is 32.9 Å². The summed E-state index contributed by atoms with van der Waals surface area (Å²) in [6.45, 7) is 6.97. The van der Waals surface area contributed by atoms with Crippen LogP contribution in [0.5, 0.6) is 0 Å². The lowest BCUT2D eigenvalue weighted by Gasteiger charge is -2.30. The fraction of sp³-hybridized carbons (Fsp3) is 0.571. The van der Waals surface area contributed by atoms with E-state index in [0.717, 1.165) is 12.8 Å². The molecular formula is C14H20O. The molecule has 0 saturated heterocycles. The molecule has 82 valence electrons. The van der Waals surface area contributed by atoms with Crippen LogP contribution < -0.4 is 0 Å². The molecule has 1 N–H and O–H groups in total. The van der Waals surface area contributed by atoms with Crippen molar-refractivity contribution < 1.29 is 5.11 Å². The molecule has 15 heavy (non-hydrogen) atoms. The summed E-state index contributed by atoms with van der Waals surface area (Å²) < 4.78 is 0. The monoisotopic (exact) mass is 204 g/mol. The van der Waals surface area contributed by atoms with Gasteiger partial charge in [0.05, 0.1) is 0 Å². The Balaban J connectivity index is 2.45. The third-order valence-electron chi connectivity index (χ3n) is 3.62. The molecule has 1 aromatic carbocycles. The van der Waals surface area contributed by atoms with Gasteiger partial charge in [0.2, 0.25) is 0 Å². The van der Waals surface area contributed by atoms with Crippen molar-refractivity contribution in [3.8, 4) is 0 Å². The van der Waals surface area contributed by atoms with Crippen molar-refractivity contribution in [3.05, 3.63) is 34.4 Å². The summed E-state index contributed by atoms with van der Waals surface area (Å²) >= 11 is 0. The van der Waals surface area contributed by atoms with Crippen LogP contribution in [0.1, 0.15) is 41.5 Å². The molecule has 0 saturated carbocycles. The summed E-state index contributed by atoms with van der Waals surface area (Å²) in [4.78, 5) is 0. The molecule has 0 heterocycles. The zero-order valence-corrected chi connectivity index (χ0v) is 9.88. The van der Waals surface area contributed by atoms with Crippen molar-refractivity contribution in [1.29, 1.82) is 0 Å². The summed E-state index contributed by atoms with van der Waals surface area (Å²) in [6, 6.07) is 4.58. The van der Waals surface area contributed by atoms with Crippen molar-refractivity contribution in [1.82, 2.24) is 0 Å². The number of benzene rings is 1. The lowest BCUT2D eigenvalue weighted by Crippen LogP contribution is -2.21. The Morgan fingerprint density at radius 2 is 2.07 bits per heavy atom. The van der Waals surface area contributed by atoms with E-state index in [1.807, 2.05) is 0 Å². The molecule has 0 spiro atoms. The Labute approximate surface area is 92.1 Å². The fourth-order valence-electron chi connectivity index (χ4n) is 2.89. The van der Waals surface area contributed by atoms with Crippen molar-refractivity contribution in [3.63, 3.8) is 0 Å². The highest BCUT2D eigenvalue weighted by atomic mass is 16.3. The quantitative estimate of drug-likeness (QED) is 0.745. The van der Waals surface area contributed by atoms with Crippen molar-refractivity contribution in [2.75, 3.05) is 6.61 Å². The Hall–Kier alpha value is -0.820. The number of hydrogen-bond donors (Lipinski definition) is 1. The maximum atomic E-state index is 9.28. The largest absolute Gasteiger partial charge is 0.396 e. The molecule has 1 aromatic rings. The van der Waals surface area contributed by atoms with E-state index in [-0.39, 0.29) is 0 Å². The second-order valence-corrected chi connectivity index (χ2v) is 5.04. The Morgan fingerprint density at radius 1 is 1.33 bits per heavy atom. The summed E-state index contributed by atoms with van der Waals surface area (Å²) in [5, 5.41) is 9.28. The molecule has 1 heteroatoms. The number of rotatable bonds is 1. The van der Waals surface area contributed by atoms with Gasteiger partial charge >= 0.3 is 0 Å². The van der Waals surface area contributed by atoms with Crippen molar-refractivity contribution in [2.45, 2.75) is 39.5 Å². The van der Waals surface area contributed by atoms with Crippen LogP contribution in [-0.2, 0) is 6.42 Å². The highest BCUT2D eigenvalue weighted by Crippen LogP contribution is 2.36. The molecule has 1 aliphatic rings. The molecule has 0 fully saturated rings. The average molecular weight is 204 g/mol. The van der Waals surface area contributed by atoms with E-state index in [1.165, 1.54) is 22.3 Å². The average Bonchev–Trinajstić information content (AvgIpc) is 2.19. The van der Waals surface area contributed by atoms with E-state index in [9.17, 15) is 5.11 Å². The van der Waals surface area contributed by atoms with E-state index >= 15 is 0 Å². The van der Waals surface area contributed by atoms with Crippen LogP contribution in [0.2, 0.25) is 0 Å². The molecule has 1 aliphatic carbocycles. The number of fused-ring (bicyclic) bond motifs is 1. The SMILES string of the molecule is Cc1cc(C)c2c(c1)C(C)CC(CO)C2. The van der Waals surface area contributed by atoms with E-state index in [4.69, 9.17) is 0 Å². The smallest absolute Gasteiger partial charge is 0.0462 e. The normalized spacial score (nSPS) is 25.1. The maximum Gasteiger partial charge on any atom is 0.0462 e. The van der Waals surface area contributed by atoms with E-state index < -0.39 is 0 Å². The predicted molar refractivity (Wildman–Crippen MR) is 63.2 cm³/mol. The standard InChI is InChI=1S/C14H20O/c1-9-4-10(2)14-7-12(8-15)6-11(3)13(14)5-9/h4-5,11-12,15H,6-8H2,1-3H3. The van der Waals surface area contributed by atoms with Gasteiger partial charge in [-0.2, -0.15) is 0 Å². The van der Waals surface area contributed by atoms with Gasteiger partial charge in [-0.25, -0.2) is 0 Å². The minimum atomic E-state index is 0.330. The number of aryl methyl sites for hydroxylation is 2. The summed E-state index contributed by atoms with van der Waals surface area (Å²) in [7, 11) is 0. The Kier molecular flexibility index (Phi) is 2.83. The summed E-state index contributed by atoms with van der Waals surface area (Å²) in [5.74, 6) is 1.07. The third-order valence-corrected chi connectivity index (χ3v) is 3.62. The van der Waals surface area contributed by atoms with Crippen LogP contribution in [0.4, 0.5) is 0 Å². The fourth-order valence-corrected chi connectivity index (χ4v) is 2.89. The first-order valence-electron chi connectivity index (χ1n) is 5.82. The van der Waals surface area contributed by atoms with E-state index in [1.54, 1.807) is 0 Å². The molecule has 1 nitrogen and oxygen atoms in total. The third kappa shape index (κ3) is 1.93. The maximum absolute atomic E-state index is 9.28. The minimum absolute atomic E-state index is 0.330. The molecule has 0 aromatic heterocycles. The molecule has 2 rings (SSSR count). The van der Waals surface area contributed by atoms with Gasteiger partial charge in [-0.1, -0.05) is 24.6 Å². The van der Waals surface area contributed by atoms with Crippen LogP contribution in [0.3, 0.4) is 0 Å². The van der Waals surface area contributed by atoms with Crippen LogP contribution in [0.15, 0.2) is 12.1 Å². The van der Waals surface area contributed by atoms with Crippen LogP contribution in [-0.4, -0.2) is 11.7 Å². The predicted octanol–water partition coefficient (Wildman–Crippen LogP) is 2.96. The molecule has 0 radical (unpaired) electrons. The van der Waals surface area contributed by atoms with Crippen LogP contribution in [0, 0.1) is 19.8 Å². The molecule has 0 amide bonds. The molecule has 0 aliphatic heterocycles. The first-order chi connectivity index (χ1) is 7.11. The first-order valence-corrected chi connectivity index (χ1v) is 5.82. The number of aliphatic hydroxyl groups excluding tert-OH is 1. The molecule has 2 unspecified atom stereocenters. The zero-order valence-electron chi connectivity index (χ0n) is 9.88. The molecule has 0 bridgehead atoms. The van der Waals surface area contributed by atoms with Gasteiger partial charge in [-0.15, -0.1) is 0 Å². The van der Waals surface area contributed by atoms with Crippen molar-refractivity contribution in [2.24, 2.45) is 5.92 Å². The summed E-state index contributed by atoms with van der Waals surface area (Å²) in [5.41, 5.74) is 5.76.